The van der Waals surface area contributed by atoms with Crippen molar-refractivity contribution in [2.24, 2.45) is 0 Å². The predicted octanol–water partition coefficient (Wildman–Crippen LogP) is 8.77. The molecular formula is C42H45Cl2N5O5. The van der Waals surface area contributed by atoms with Crippen LogP contribution in [-0.2, 0) is 38.8 Å². The monoisotopic (exact) mass is 769 g/mol. The normalized spacial score (nSPS) is 16.9. The van der Waals surface area contributed by atoms with Crippen LogP contribution in [-0.4, -0.2) is 32.6 Å². The first-order valence-corrected chi connectivity index (χ1v) is 19.0. The number of halogens is 2. The first-order valence-electron chi connectivity index (χ1n) is 18.2. The van der Waals surface area contributed by atoms with E-state index in [9.17, 15) is 14.7 Å². The fourth-order valence-corrected chi connectivity index (χ4v) is 6.84. The van der Waals surface area contributed by atoms with Gasteiger partial charge in [-0.05, 0) is 52.8 Å². The van der Waals surface area contributed by atoms with Gasteiger partial charge < -0.3 is 35.5 Å². The number of anilines is 2. The second-order valence-corrected chi connectivity index (χ2v) is 14.2. The number of amides is 2. The van der Waals surface area contributed by atoms with E-state index in [2.05, 4.69) is 21.7 Å². The minimum absolute atomic E-state index is 0.00148. The molecule has 0 saturated carbocycles. The van der Waals surface area contributed by atoms with E-state index in [4.69, 9.17) is 38.4 Å². The standard InChI is InChI=1S/C42H45Cl2N5O5/c43-40-41(44)49(27-47-40)25-33-23-37(30-17-15-28(26-50)16-18-30)54-42(53-33)31-21-19-29(20-22-31)34-10-6-5-9-32(34)24-46-38(51)13-3-1-2-4-14-39(52)48-36-12-8-7-11-35(36)45/h5-12,15-22,27,33,37,42,50H,1-4,13-14,23-26,45H2,(H,46,51)(H,48,52). The molecule has 3 atom stereocenters. The maximum absolute atomic E-state index is 12.7. The Kier molecular flexibility index (Phi) is 13.8. The van der Waals surface area contributed by atoms with Crippen LogP contribution in [0.2, 0.25) is 10.3 Å². The van der Waals surface area contributed by atoms with Gasteiger partial charge in [-0.1, -0.05) is 121 Å². The number of nitrogens with zero attached hydrogens (tertiary/aromatic N) is 2. The molecule has 1 aliphatic heterocycles. The van der Waals surface area contributed by atoms with Crippen LogP contribution in [0.15, 0.2) is 103 Å². The maximum atomic E-state index is 12.7. The van der Waals surface area contributed by atoms with Gasteiger partial charge in [-0.2, -0.15) is 0 Å². The van der Waals surface area contributed by atoms with Crippen molar-refractivity contribution in [2.75, 3.05) is 11.1 Å². The molecule has 1 aliphatic rings. The summed E-state index contributed by atoms with van der Waals surface area (Å²) in [6.07, 6.45) is 5.14. The number of nitrogens with two attached hydrogens (primary N) is 1. The largest absolute Gasteiger partial charge is 0.397 e. The molecule has 0 spiro atoms. The van der Waals surface area contributed by atoms with Crippen LogP contribution in [0.1, 0.15) is 79.6 Å². The molecule has 4 aromatic carbocycles. The molecule has 282 valence electrons. The molecule has 10 nitrogen and oxygen atoms in total. The number of rotatable bonds is 16. The Labute approximate surface area is 325 Å². The number of nitrogen functional groups attached to an aromatic ring is 1. The first-order chi connectivity index (χ1) is 26.3. The number of nitrogens with one attached hydrogen (secondary N) is 2. The van der Waals surface area contributed by atoms with Crippen LogP contribution in [0.3, 0.4) is 0 Å². The third kappa shape index (κ3) is 10.5. The third-order valence-electron chi connectivity index (χ3n) is 9.53. The number of aliphatic hydroxyl groups is 1. The average molecular weight is 771 g/mol. The van der Waals surface area contributed by atoms with E-state index in [0.29, 0.717) is 48.9 Å². The molecule has 1 fully saturated rings. The average Bonchev–Trinajstić information content (AvgIpc) is 3.51. The van der Waals surface area contributed by atoms with Gasteiger partial charge in [0.25, 0.3) is 0 Å². The zero-order valence-corrected chi connectivity index (χ0v) is 31.4. The van der Waals surface area contributed by atoms with Gasteiger partial charge in [0.2, 0.25) is 11.8 Å². The van der Waals surface area contributed by atoms with E-state index in [0.717, 1.165) is 59.1 Å². The van der Waals surface area contributed by atoms with E-state index in [1.54, 1.807) is 23.0 Å². The van der Waals surface area contributed by atoms with E-state index in [1.165, 1.54) is 0 Å². The van der Waals surface area contributed by atoms with Crippen molar-refractivity contribution in [1.82, 2.24) is 14.9 Å². The SMILES string of the molecule is Nc1ccccc1NC(=O)CCCCCCC(=O)NCc1ccccc1-c1ccc(C2OC(Cn3cnc(Cl)c3Cl)CC(c3ccc(CO)cc3)O2)cc1. The minimum Gasteiger partial charge on any atom is -0.397 e. The summed E-state index contributed by atoms with van der Waals surface area (Å²) in [5.41, 5.74) is 12.8. The Hall–Kier alpha value is -4.71. The van der Waals surface area contributed by atoms with Crippen molar-refractivity contribution in [3.05, 3.63) is 136 Å². The number of carbonyl (C=O) groups is 2. The summed E-state index contributed by atoms with van der Waals surface area (Å²) in [5.74, 6) is -0.0599. The number of hydrogen-bond donors (Lipinski definition) is 4. The van der Waals surface area contributed by atoms with Crippen molar-refractivity contribution < 1.29 is 24.2 Å². The number of benzene rings is 4. The Bertz CT molecular complexity index is 2000. The van der Waals surface area contributed by atoms with Crippen LogP contribution in [0, 0.1) is 0 Å². The molecular weight excluding hydrogens is 725 g/mol. The molecule has 1 aromatic heterocycles. The lowest BCUT2D eigenvalue weighted by molar-refractivity contribution is -0.252. The lowest BCUT2D eigenvalue weighted by Crippen LogP contribution is -2.32. The van der Waals surface area contributed by atoms with Crippen molar-refractivity contribution in [3.63, 3.8) is 0 Å². The molecule has 2 amide bonds. The predicted molar refractivity (Wildman–Crippen MR) is 212 cm³/mol. The van der Waals surface area contributed by atoms with Gasteiger partial charge in [0.1, 0.15) is 5.15 Å². The fourth-order valence-electron chi connectivity index (χ4n) is 6.53. The van der Waals surface area contributed by atoms with E-state index in [-0.39, 0.29) is 35.8 Å². The minimum atomic E-state index is -0.640. The molecule has 1 saturated heterocycles. The number of para-hydroxylation sites is 2. The highest BCUT2D eigenvalue weighted by Crippen LogP contribution is 2.39. The van der Waals surface area contributed by atoms with Crippen molar-refractivity contribution in [1.29, 1.82) is 0 Å². The molecule has 6 rings (SSSR count). The maximum Gasteiger partial charge on any atom is 0.224 e. The highest BCUT2D eigenvalue weighted by atomic mass is 35.5. The highest BCUT2D eigenvalue weighted by molar-refractivity contribution is 6.40. The molecule has 2 heterocycles. The number of unbranched alkanes of at least 4 members (excludes halogenated alkanes) is 3. The Morgan fingerprint density at radius 3 is 2.22 bits per heavy atom. The Balaban J connectivity index is 1.02. The fraction of sp³-hybridized carbons (Fsp3) is 0.310. The van der Waals surface area contributed by atoms with Crippen molar-refractivity contribution in [3.8, 4) is 11.1 Å². The number of carbonyl (C=O) groups excluding carboxylic acids is 2. The molecule has 0 aliphatic carbocycles. The lowest BCUT2D eigenvalue weighted by atomic mass is 9.97. The van der Waals surface area contributed by atoms with Crippen LogP contribution in [0.25, 0.3) is 11.1 Å². The molecule has 5 N–H and O–H groups in total. The summed E-state index contributed by atoms with van der Waals surface area (Å²) >= 11 is 12.5. The lowest BCUT2D eigenvalue weighted by Gasteiger charge is -2.36. The second-order valence-electron chi connectivity index (χ2n) is 13.4. The van der Waals surface area contributed by atoms with Gasteiger partial charge in [0.05, 0.1) is 43.1 Å². The van der Waals surface area contributed by atoms with Gasteiger partial charge in [-0.3, -0.25) is 9.59 Å². The molecule has 3 unspecified atom stereocenters. The van der Waals surface area contributed by atoms with Crippen molar-refractivity contribution >= 4 is 46.4 Å². The number of aliphatic hydroxyl groups excluding tert-OH is 1. The molecule has 12 heteroatoms. The molecule has 5 aromatic rings. The molecule has 0 bridgehead atoms. The van der Waals surface area contributed by atoms with Crippen LogP contribution >= 0.6 is 23.2 Å². The van der Waals surface area contributed by atoms with Gasteiger partial charge in [-0.25, -0.2) is 4.98 Å². The second kappa shape index (κ2) is 19.1. The summed E-state index contributed by atoms with van der Waals surface area (Å²) in [7, 11) is 0. The smallest absolute Gasteiger partial charge is 0.224 e. The topological polar surface area (TPSA) is 141 Å². The number of ether oxygens (including phenoxy) is 2. The number of aromatic nitrogens is 2. The van der Waals surface area contributed by atoms with Gasteiger partial charge in [0.15, 0.2) is 11.4 Å². The summed E-state index contributed by atoms with van der Waals surface area (Å²) in [6, 6.07) is 31.1. The highest BCUT2D eigenvalue weighted by Gasteiger charge is 2.33. The van der Waals surface area contributed by atoms with Gasteiger partial charge in [0, 0.05) is 31.4 Å². The summed E-state index contributed by atoms with van der Waals surface area (Å²) in [6.45, 7) is 0.831. The summed E-state index contributed by atoms with van der Waals surface area (Å²) < 4.78 is 14.8. The number of imidazole rings is 1. The Morgan fingerprint density at radius 1 is 0.833 bits per heavy atom. The van der Waals surface area contributed by atoms with E-state index >= 15 is 0 Å². The van der Waals surface area contributed by atoms with Crippen molar-refractivity contribution in [2.45, 2.75) is 83.1 Å². The third-order valence-corrected chi connectivity index (χ3v) is 10.3. The first kappa shape index (κ1) is 39.0. The van der Waals surface area contributed by atoms with Crippen LogP contribution < -0.4 is 16.4 Å². The van der Waals surface area contributed by atoms with Gasteiger partial charge >= 0.3 is 0 Å². The zero-order valence-electron chi connectivity index (χ0n) is 29.9. The van der Waals surface area contributed by atoms with E-state index < -0.39 is 6.29 Å². The van der Waals surface area contributed by atoms with E-state index in [1.807, 2.05) is 78.9 Å². The molecule has 0 radical (unpaired) electrons. The quantitative estimate of drug-likeness (QED) is 0.0581. The summed E-state index contributed by atoms with van der Waals surface area (Å²) in [4.78, 5) is 29.1. The van der Waals surface area contributed by atoms with Crippen LogP contribution in [0.4, 0.5) is 11.4 Å². The zero-order chi connectivity index (χ0) is 37.9. The molecule has 54 heavy (non-hydrogen) atoms. The Morgan fingerprint density at radius 2 is 1.52 bits per heavy atom. The summed E-state index contributed by atoms with van der Waals surface area (Å²) in [5, 5.41) is 16.1. The van der Waals surface area contributed by atoms with Crippen LogP contribution in [0.5, 0.6) is 0 Å². The van der Waals surface area contributed by atoms with Gasteiger partial charge in [-0.15, -0.1) is 0 Å². The number of hydrogen-bond acceptors (Lipinski definition) is 7.